The highest BCUT2D eigenvalue weighted by atomic mass is 32.2. The Hall–Kier alpha value is -1.40. The Morgan fingerprint density at radius 3 is 2.40 bits per heavy atom. The average molecular weight is 298 g/mol. The van der Waals surface area contributed by atoms with Crippen molar-refractivity contribution in [3.8, 4) is 0 Å². The molecule has 1 atom stereocenters. The Morgan fingerprint density at radius 1 is 1.30 bits per heavy atom. The third-order valence-corrected chi connectivity index (χ3v) is 4.24. The summed E-state index contributed by atoms with van der Waals surface area (Å²) in [6.07, 6.45) is 2.77. The number of benzene rings is 1. The van der Waals surface area contributed by atoms with Crippen molar-refractivity contribution in [3.63, 3.8) is 0 Å². The van der Waals surface area contributed by atoms with E-state index in [2.05, 4.69) is 5.32 Å². The number of carbonyl (C=O) groups is 1. The fourth-order valence-electron chi connectivity index (χ4n) is 1.77. The van der Waals surface area contributed by atoms with Crippen LogP contribution in [-0.4, -0.2) is 27.1 Å². The van der Waals surface area contributed by atoms with Crippen LogP contribution in [-0.2, 0) is 21.2 Å². The molecule has 0 heterocycles. The highest BCUT2D eigenvalue weighted by Crippen LogP contribution is 2.11. The van der Waals surface area contributed by atoms with E-state index in [4.69, 9.17) is 5.73 Å². The zero-order valence-electron chi connectivity index (χ0n) is 11.9. The first-order chi connectivity index (χ1) is 9.34. The summed E-state index contributed by atoms with van der Waals surface area (Å²) >= 11 is 0. The van der Waals surface area contributed by atoms with Gasteiger partial charge < -0.3 is 11.1 Å². The molecule has 0 saturated carbocycles. The maximum atomic E-state index is 11.8. The molecule has 1 amide bonds. The second kappa shape index (κ2) is 7.40. The highest BCUT2D eigenvalue weighted by Gasteiger charge is 2.12. The van der Waals surface area contributed by atoms with Crippen LogP contribution in [0.2, 0.25) is 0 Å². The van der Waals surface area contributed by atoms with Gasteiger partial charge in [0.1, 0.15) is 0 Å². The first-order valence-electron chi connectivity index (χ1n) is 6.61. The lowest BCUT2D eigenvalue weighted by atomic mass is 10.0. The first kappa shape index (κ1) is 16.7. The molecule has 0 aliphatic rings. The van der Waals surface area contributed by atoms with Gasteiger partial charge in [-0.1, -0.05) is 19.1 Å². The summed E-state index contributed by atoms with van der Waals surface area (Å²) in [4.78, 5) is 12.1. The molecule has 1 aromatic carbocycles. The SMILES string of the molecule is CC(CCCN)C(=O)NCc1ccc(S(C)(=O)=O)cc1. The maximum Gasteiger partial charge on any atom is 0.223 e. The van der Waals surface area contributed by atoms with Gasteiger partial charge in [-0.25, -0.2) is 8.42 Å². The molecule has 0 bridgehead atoms. The molecule has 1 rings (SSSR count). The number of hydrogen-bond donors (Lipinski definition) is 2. The fourth-order valence-corrected chi connectivity index (χ4v) is 2.40. The topological polar surface area (TPSA) is 89.3 Å². The van der Waals surface area contributed by atoms with E-state index < -0.39 is 9.84 Å². The van der Waals surface area contributed by atoms with Crippen molar-refractivity contribution in [2.45, 2.75) is 31.2 Å². The number of hydrogen-bond acceptors (Lipinski definition) is 4. The molecule has 112 valence electrons. The van der Waals surface area contributed by atoms with Crippen LogP contribution in [0.5, 0.6) is 0 Å². The van der Waals surface area contributed by atoms with Crippen molar-refractivity contribution in [1.82, 2.24) is 5.32 Å². The summed E-state index contributed by atoms with van der Waals surface area (Å²) in [7, 11) is -3.17. The van der Waals surface area contributed by atoms with Gasteiger partial charge >= 0.3 is 0 Å². The lowest BCUT2D eigenvalue weighted by molar-refractivity contribution is -0.124. The molecule has 0 radical (unpaired) electrons. The smallest absolute Gasteiger partial charge is 0.223 e. The van der Waals surface area contributed by atoms with Crippen LogP contribution >= 0.6 is 0 Å². The van der Waals surface area contributed by atoms with Gasteiger partial charge in [-0.15, -0.1) is 0 Å². The lowest BCUT2D eigenvalue weighted by Crippen LogP contribution is -2.29. The minimum atomic E-state index is -3.17. The Morgan fingerprint density at radius 2 is 1.90 bits per heavy atom. The van der Waals surface area contributed by atoms with Gasteiger partial charge in [-0.3, -0.25) is 4.79 Å². The molecule has 1 aromatic rings. The second-order valence-corrected chi connectivity index (χ2v) is 6.98. The fraction of sp³-hybridized carbons (Fsp3) is 0.500. The van der Waals surface area contributed by atoms with E-state index >= 15 is 0 Å². The quantitative estimate of drug-likeness (QED) is 0.788. The van der Waals surface area contributed by atoms with Crippen LogP contribution in [0.1, 0.15) is 25.3 Å². The van der Waals surface area contributed by atoms with E-state index in [-0.39, 0.29) is 16.7 Å². The van der Waals surface area contributed by atoms with Crippen LogP contribution in [0.3, 0.4) is 0 Å². The van der Waals surface area contributed by atoms with Crippen molar-refractivity contribution in [2.24, 2.45) is 11.7 Å². The lowest BCUT2D eigenvalue weighted by Gasteiger charge is -2.11. The van der Waals surface area contributed by atoms with Crippen molar-refractivity contribution in [1.29, 1.82) is 0 Å². The molecule has 0 aliphatic heterocycles. The summed E-state index contributed by atoms with van der Waals surface area (Å²) in [5, 5.41) is 2.84. The third-order valence-electron chi connectivity index (χ3n) is 3.11. The third kappa shape index (κ3) is 5.30. The number of carbonyl (C=O) groups excluding carboxylic acids is 1. The molecule has 20 heavy (non-hydrogen) atoms. The minimum absolute atomic E-state index is 0.00867. The Balaban J connectivity index is 2.52. The highest BCUT2D eigenvalue weighted by molar-refractivity contribution is 7.90. The maximum absolute atomic E-state index is 11.8. The van der Waals surface area contributed by atoms with Gasteiger partial charge in [0, 0.05) is 18.7 Å². The van der Waals surface area contributed by atoms with Crippen molar-refractivity contribution in [2.75, 3.05) is 12.8 Å². The molecule has 0 aromatic heterocycles. The molecule has 6 heteroatoms. The molecule has 0 aliphatic carbocycles. The van der Waals surface area contributed by atoms with Crippen molar-refractivity contribution < 1.29 is 13.2 Å². The second-order valence-electron chi connectivity index (χ2n) is 4.97. The first-order valence-corrected chi connectivity index (χ1v) is 8.50. The van der Waals surface area contributed by atoms with Gasteiger partial charge in [0.2, 0.25) is 5.91 Å². The molecule has 3 N–H and O–H groups in total. The summed E-state index contributed by atoms with van der Waals surface area (Å²) < 4.78 is 22.6. The van der Waals surface area contributed by atoms with E-state index in [1.807, 2.05) is 6.92 Å². The minimum Gasteiger partial charge on any atom is -0.352 e. The van der Waals surface area contributed by atoms with E-state index in [1.165, 1.54) is 6.26 Å². The molecule has 0 fully saturated rings. The summed E-state index contributed by atoms with van der Waals surface area (Å²) in [6.45, 7) is 2.86. The van der Waals surface area contributed by atoms with Crippen molar-refractivity contribution >= 4 is 15.7 Å². The summed E-state index contributed by atoms with van der Waals surface area (Å²) in [6, 6.07) is 6.52. The molecular weight excluding hydrogens is 276 g/mol. The Bertz CT molecular complexity index is 538. The largest absolute Gasteiger partial charge is 0.352 e. The standard InChI is InChI=1S/C14H22N2O3S/c1-11(4-3-9-15)14(17)16-10-12-5-7-13(8-6-12)20(2,18)19/h5-8,11H,3-4,9-10,15H2,1-2H3,(H,16,17). The van der Waals surface area contributed by atoms with Crippen LogP contribution in [0.4, 0.5) is 0 Å². The Labute approximate surface area is 120 Å². The van der Waals surface area contributed by atoms with Crippen LogP contribution < -0.4 is 11.1 Å². The summed E-state index contributed by atoms with van der Waals surface area (Å²) in [5.41, 5.74) is 6.28. The van der Waals surface area contributed by atoms with Gasteiger partial charge in [0.15, 0.2) is 9.84 Å². The van der Waals surface area contributed by atoms with Gasteiger partial charge in [0.05, 0.1) is 4.90 Å². The molecule has 0 saturated heterocycles. The Kier molecular flexibility index (Phi) is 6.16. The molecular formula is C14H22N2O3S. The van der Waals surface area contributed by atoms with Gasteiger partial charge in [0.25, 0.3) is 0 Å². The normalized spacial score (nSPS) is 12.9. The molecule has 0 spiro atoms. The van der Waals surface area contributed by atoms with Gasteiger partial charge in [-0.05, 0) is 37.1 Å². The monoisotopic (exact) mass is 298 g/mol. The average Bonchev–Trinajstić information content (AvgIpc) is 2.41. The van der Waals surface area contributed by atoms with E-state index in [0.29, 0.717) is 13.1 Å². The number of rotatable bonds is 7. The van der Waals surface area contributed by atoms with Gasteiger partial charge in [-0.2, -0.15) is 0 Å². The number of nitrogens with one attached hydrogen (secondary N) is 1. The zero-order chi connectivity index (χ0) is 15.2. The number of nitrogens with two attached hydrogens (primary N) is 1. The van der Waals surface area contributed by atoms with E-state index in [9.17, 15) is 13.2 Å². The zero-order valence-corrected chi connectivity index (χ0v) is 12.7. The predicted molar refractivity (Wildman–Crippen MR) is 78.9 cm³/mol. The van der Waals surface area contributed by atoms with Crippen LogP contribution in [0, 0.1) is 5.92 Å². The summed E-state index contributed by atoms with van der Waals surface area (Å²) in [5.74, 6) is -0.0699. The van der Waals surface area contributed by atoms with Crippen LogP contribution in [0.25, 0.3) is 0 Å². The number of sulfone groups is 1. The van der Waals surface area contributed by atoms with E-state index in [1.54, 1.807) is 24.3 Å². The number of amides is 1. The van der Waals surface area contributed by atoms with Crippen LogP contribution in [0.15, 0.2) is 29.2 Å². The van der Waals surface area contributed by atoms with E-state index in [0.717, 1.165) is 18.4 Å². The van der Waals surface area contributed by atoms with Crippen molar-refractivity contribution in [3.05, 3.63) is 29.8 Å². The molecule has 1 unspecified atom stereocenters. The predicted octanol–water partition coefficient (Wildman–Crippen LogP) is 1.08. The molecule has 5 nitrogen and oxygen atoms in total.